The molecule has 0 radical (unpaired) electrons. The molecule has 0 rings (SSSR count). The van der Waals surface area contributed by atoms with Gasteiger partial charge < -0.3 is 5.11 Å². The van der Waals surface area contributed by atoms with E-state index in [-0.39, 0.29) is 19.8 Å². The molecule has 0 unspecified atom stereocenters. The van der Waals surface area contributed by atoms with Crippen molar-refractivity contribution in [2.75, 3.05) is 6.61 Å². The minimum atomic E-state index is -1.06. The quantitative estimate of drug-likeness (QED) is 0.535. The van der Waals surface area contributed by atoms with Gasteiger partial charge in [-0.1, -0.05) is 7.43 Å². The van der Waals surface area contributed by atoms with Crippen molar-refractivity contribution in [2.45, 2.75) is 7.43 Å². The second-order valence-electron chi connectivity index (χ2n) is 0.705. The number of carboxylic acids is 1. The maximum Gasteiger partial charge on any atom is 0.331 e. The zero-order valence-corrected chi connectivity index (χ0v) is 4.27. The molecule has 4 nitrogen and oxygen atoms in total. The lowest BCUT2D eigenvalue weighted by Crippen LogP contribution is -2.10. The van der Waals surface area contributed by atoms with Crippen molar-refractivity contribution >= 4 is 18.4 Å². The number of carbonyl (C=O) groups is 1. The van der Waals surface area contributed by atoms with E-state index >= 15 is 0 Å². The second kappa shape index (κ2) is 9.84. The van der Waals surface area contributed by atoms with Crippen LogP contribution in [0.4, 0.5) is 0 Å². The predicted molar refractivity (Wildman–Crippen MR) is 31.8 cm³/mol. The summed E-state index contributed by atoms with van der Waals surface area (Å²) >= 11 is 0. The summed E-state index contributed by atoms with van der Waals surface area (Å²) in [6, 6.07) is 0. The fourth-order valence-corrected chi connectivity index (χ4v) is 0.0713. The Balaban J connectivity index is -0.000000125. The molecular weight excluding hydrogens is 133 g/mol. The van der Waals surface area contributed by atoms with Crippen molar-refractivity contribution in [3.05, 3.63) is 0 Å². The fourth-order valence-electron chi connectivity index (χ4n) is 0.0713. The van der Waals surface area contributed by atoms with Gasteiger partial charge in [-0.25, -0.2) is 10.7 Å². The number of aliphatic carboxylic acids is 1. The third kappa shape index (κ3) is 17.3. The van der Waals surface area contributed by atoms with E-state index in [0.29, 0.717) is 0 Å². The average Bonchev–Trinajstić information content (AvgIpc) is 1.35. The standard InChI is InChI=1S/C2H5NO3.CH4.ClH/c3-6-1-2(4)5;;/h1,3H2,(H,4,5);1H4;1H. The number of hydrogen-bond donors (Lipinski definition) is 2. The molecule has 0 bridgehead atoms. The van der Waals surface area contributed by atoms with Crippen LogP contribution in [0.1, 0.15) is 7.43 Å². The number of nitrogens with two attached hydrogens (primary N) is 1. The molecular formula is C3H10ClNO3. The van der Waals surface area contributed by atoms with Gasteiger partial charge in [0, 0.05) is 0 Å². The molecule has 0 aromatic carbocycles. The predicted octanol–water partition coefficient (Wildman–Crippen LogP) is 0.0192. The highest BCUT2D eigenvalue weighted by molar-refractivity contribution is 5.85. The van der Waals surface area contributed by atoms with E-state index in [0.717, 1.165) is 0 Å². The van der Waals surface area contributed by atoms with Gasteiger partial charge in [-0.2, -0.15) is 0 Å². The number of rotatable bonds is 2. The van der Waals surface area contributed by atoms with E-state index in [9.17, 15) is 4.79 Å². The molecule has 0 aliphatic carbocycles. The fraction of sp³-hybridized carbons (Fsp3) is 0.667. The third-order valence-corrected chi connectivity index (χ3v) is 0.207. The molecule has 0 fully saturated rings. The highest BCUT2D eigenvalue weighted by Gasteiger charge is 1.88. The normalized spacial score (nSPS) is 6.12. The molecule has 0 aliphatic heterocycles. The summed E-state index contributed by atoms with van der Waals surface area (Å²) in [7, 11) is 0. The summed E-state index contributed by atoms with van der Waals surface area (Å²) in [5.74, 6) is 3.29. The van der Waals surface area contributed by atoms with Crippen molar-refractivity contribution < 1.29 is 14.7 Å². The monoisotopic (exact) mass is 143 g/mol. The Morgan fingerprint density at radius 2 is 2.12 bits per heavy atom. The van der Waals surface area contributed by atoms with Crippen LogP contribution < -0.4 is 5.90 Å². The van der Waals surface area contributed by atoms with Gasteiger partial charge in [-0.3, -0.25) is 4.84 Å². The van der Waals surface area contributed by atoms with Crippen LogP contribution in [-0.2, 0) is 9.63 Å². The largest absolute Gasteiger partial charge is 0.479 e. The highest BCUT2D eigenvalue weighted by Crippen LogP contribution is 1.57. The highest BCUT2D eigenvalue weighted by atomic mass is 35.5. The van der Waals surface area contributed by atoms with E-state index in [4.69, 9.17) is 5.11 Å². The van der Waals surface area contributed by atoms with E-state index in [2.05, 4.69) is 10.7 Å². The Kier molecular flexibility index (Phi) is 19.2. The molecule has 0 saturated carbocycles. The summed E-state index contributed by atoms with van der Waals surface area (Å²) in [5.41, 5.74) is 0. The van der Waals surface area contributed by atoms with E-state index in [1.54, 1.807) is 0 Å². The summed E-state index contributed by atoms with van der Waals surface area (Å²) in [4.78, 5) is 13.1. The third-order valence-electron chi connectivity index (χ3n) is 0.207. The summed E-state index contributed by atoms with van der Waals surface area (Å²) in [5, 5.41) is 7.71. The van der Waals surface area contributed by atoms with Crippen LogP contribution in [0.5, 0.6) is 0 Å². The van der Waals surface area contributed by atoms with Crippen LogP contribution in [0.25, 0.3) is 0 Å². The molecule has 0 aromatic heterocycles. The van der Waals surface area contributed by atoms with Crippen LogP contribution in [-0.4, -0.2) is 17.7 Å². The molecule has 0 aliphatic rings. The lowest BCUT2D eigenvalue weighted by molar-refractivity contribution is -0.142. The molecule has 3 N–H and O–H groups in total. The topological polar surface area (TPSA) is 72.5 Å². The summed E-state index contributed by atoms with van der Waals surface area (Å²) < 4.78 is 0. The number of hydrogen-bond acceptors (Lipinski definition) is 3. The number of carboxylic acid groups (broad SMARTS) is 1. The molecule has 52 valence electrons. The van der Waals surface area contributed by atoms with E-state index < -0.39 is 12.6 Å². The van der Waals surface area contributed by atoms with Gasteiger partial charge in [0.05, 0.1) is 0 Å². The first-order chi connectivity index (χ1) is 2.77. The van der Waals surface area contributed by atoms with E-state index in [1.165, 1.54) is 0 Å². The van der Waals surface area contributed by atoms with Gasteiger partial charge in [-0.05, 0) is 0 Å². The van der Waals surface area contributed by atoms with Gasteiger partial charge in [-0.15, -0.1) is 12.4 Å². The van der Waals surface area contributed by atoms with Crippen molar-refractivity contribution in [1.82, 2.24) is 0 Å². The van der Waals surface area contributed by atoms with Crippen LogP contribution in [0.15, 0.2) is 0 Å². The first-order valence-electron chi connectivity index (χ1n) is 1.31. The Morgan fingerprint density at radius 1 is 1.75 bits per heavy atom. The lowest BCUT2D eigenvalue weighted by Gasteiger charge is -1.83. The summed E-state index contributed by atoms with van der Waals surface area (Å²) in [6.07, 6.45) is 0. The molecule has 0 heterocycles. The summed E-state index contributed by atoms with van der Waals surface area (Å²) in [6.45, 7) is -0.431. The molecule has 0 saturated heterocycles. The minimum absolute atomic E-state index is 0. The minimum Gasteiger partial charge on any atom is -0.479 e. The van der Waals surface area contributed by atoms with Crippen molar-refractivity contribution in [2.24, 2.45) is 5.90 Å². The van der Waals surface area contributed by atoms with Crippen molar-refractivity contribution in [1.29, 1.82) is 0 Å². The van der Waals surface area contributed by atoms with E-state index in [1.807, 2.05) is 0 Å². The van der Waals surface area contributed by atoms with Crippen LogP contribution in [0, 0.1) is 0 Å². The SMILES string of the molecule is C.Cl.NOCC(=O)O. The average molecular weight is 144 g/mol. The molecule has 0 amide bonds. The van der Waals surface area contributed by atoms with Gasteiger partial charge in [0.1, 0.15) is 0 Å². The van der Waals surface area contributed by atoms with Gasteiger partial charge >= 0.3 is 5.97 Å². The Morgan fingerprint density at radius 3 is 2.12 bits per heavy atom. The van der Waals surface area contributed by atoms with Gasteiger partial charge in [0.15, 0.2) is 6.61 Å². The smallest absolute Gasteiger partial charge is 0.331 e. The zero-order valence-electron chi connectivity index (χ0n) is 3.46. The Bertz CT molecular complexity index is 58.5. The number of halogens is 1. The first-order valence-corrected chi connectivity index (χ1v) is 1.31. The van der Waals surface area contributed by atoms with Gasteiger partial charge in [0.2, 0.25) is 0 Å². The molecule has 0 spiro atoms. The molecule has 0 aromatic rings. The zero-order chi connectivity index (χ0) is 4.99. The maximum absolute atomic E-state index is 9.39. The van der Waals surface area contributed by atoms with Crippen molar-refractivity contribution in [3.63, 3.8) is 0 Å². The Labute approximate surface area is 54.0 Å². The van der Waals surface area contributed by atoms with Crippen molar-refractivity contribution in [3.8, 4) is 0 Å². The maximum atomic E-state index is 9.39. The van der Waals surface area contributed by atoms with Gasteiger partial charge in [0.25, 0.3) is 0 Å². The Hall–Kier alpha value is -0.320. The van der Waals surface area contributed by atoms with Crippen LogP contribution >= 0.6 is 12.4 Å². The molecule has 8 heavy (non-hydrogen) atoms. The molecule has 0 atom stereocenters. The van der Waals surface area contributed by atoms with Crippen LogP contribution in [0.2, 0.25) is 0 Å². The van der Waals surface area contributed by atoms with Crippen LogP contribution in [0.3, 0.4) is 0 Å². The molecule has 5 heteroatoms. The lowest BCUT2D eigenvalue weighted by atomic mass is 10.8. The first kappa shape index (κ1) is 15.6. The second-order valence-corrected chi connectivity index (χ2v) is 0.705.